The van der Waals surface area contributed by atoms with Crippen molar-refractivity contribution < 1.29 is 9.18 Å². The number of amides is 1. The third-order valence-electron chi connectivity index (χ3n) is 3.88. The zero-order valence-electron chi connectivity index (χ0n) is 12.3. The minimum Gasteiger partial charge on any atom is -0.367 e. The van der Waals surface area contributed by atoms with E-state index in [1.165, 1.54) is 24.3 Å². The van der Waals surface area contributed by atoms with E-state index in [1.807, 2.05) is 0 Å². The van der Waals surface area contributed by atoms with E-state index >= 15 is 0 Å². The molecule has 2 aromatic rings. The molecule has 1 saturated heterocycles. The Morgan fingerprint density at radius 2 is 1.87 bits per heavy atom. The predicted octanol–water partition coefficient (Wildman–Crippen LogP) is 2.13. The van der Waals surface area contributed by atoms with Crippen molar-refractivity contribution in [3.63, 3.8) is 0 Å². The minimum atomic E-state index is -0.606. The first-order valence-corrected chi connectivity index (χ1v) is 7.61. The number of nitrogens with zero attached hydrogens (tertiary/aromatic N) is 2. The quantitative estimate of drug-likeness (QED) is 0.914. The van der Waals surface area contributed by atoms with Crippen LogP contribution in [0.1, 0.15) is 10.4 Å². The topological polar surface area (TPSA) is 56.4 Å². The number of benzene rings is 1. The first-order valence-electron chi connectivity index (χ1n) is 7.23. The highest BCUT2D eigenvalue weighted by molar-refractivity contribution is 6.33. The van der Waals surface area contributed by atoms with Crippen molar-refractivity contribution in [2.24, 2.45) is 0 Å². The molecule has 0 saturated carbocycles. The molecule has 5 nitrogen and oxygen atoms in total. The number of pyridine rings is 1. The Hall–Kier alpha value is -2.34. The van der Waals surface area contributed by atoms with Gasteiger partial charge in [-0.3, -0.25) is 9.59 Å². The number of anilines is 1. The van der Waals surface area contributed by atoms with E-state index in [4.69, 9.17) is 11.6 Å². The second-order valence-electron chi connectivity index (χ2n) is 5.29. The summed E-state index contributed by atoms with van der Waals surface area (Å²) in [7, 11) is 0. The SMILES string of the molecule is O=C(c1c(F)cccc1Cl)N1CCN(c2ccc(=O)[nH]c2)CC1. The second kappa shape index (κ2) is 6.42. The van der Waals surface area contributed by atoms with Crippen molar-refractivity contribution in [2.75, 3.05) is 31.1 Å². The summed E-state index contributed by atoms with van der Waals surface area (Å²) in [5.74, 6) is -1.00. The van der Waals surface area contributed by atoms with Gasteiger partial charge in [-0.2, -0.15) is 0 Å². The van der Waals surface area contributed by atoms with Gasteiger partial charge in [-0.1, -0.05) is 17.7 Å². The van der Waals surface area contributed by atoms with E-state index in [2.05, 4.69) is 9.88 Å². The van der Waals surface area contributed by atoms with Crippen LogP contribution in [-0.2, 0) is 0 Å². The lowest BCUT2D eigenvalue weighted by Crippen LogP contribution is -2.49. The van der Waals surface area contributed by atoms with Gasteiger partial charge in [0.15, 0.2) is 0 Å². The van der Waals surface area contributed by atoms with Gasteiger partial charge in [-0.15, -0.1) is 0 Å². The van der Waals surface area contributed by atoms with Gasteiger partial charge in [0, 0.05) is 38.4 Å². The maximum atomic E-state index is 13.9. The van der Waals surface area contributed by atoms with Crippen LogP contribution in [0.2, 0.25) is 5.02 Å². The number of hydrogen-bond acceptors (Lipinski definition) is 3. The molecule has 0 radical (unpaired) electrons. The molecular weight excluding hydrogens is 321 g/mol. The predicted molar refractivity (Wildman–Crippen MR) is 86.6 cm³/mol. The Morgan fingerprint density at radius 3 is 2.48 bits per heavy atom. The summed E-state index contributed by atoms with van der Waals surface area (Å²) in [6.07, 6.45) is 1.65. The van der Waals surface area contributed by atoms with Crippen LogP contribution in [0.15, 0.2) is 41.3 Å². The fourth-order valence-corrected chi connectivity index (χ4v) is 2.87. The van der Waals surface area contributed by atoms with Crippen molar-refractivity contribution in [3.05, 3.63) is 63.3 Å². The van der Waals surface area contributed by atoms with Crippen molar-refractivity contribution in [1.82, 2.24) is 9.88 Å². The molecule has 0 unspecified atom stereocenters. The van der Waals surface area contributed by atoms with Gasteiger partial charge >= 0.3 is 0 Å². The molecule has 23 heavy (non-hydrogen) atoms. The highest BCUT2D eigenvalue weighted by atomic mass is 35.5. The smallest absolute Gasteiger partial charge is 0.258 e. The number of aromatic amines is 1. The highest BCUT2D eigenvalue weighted by Crippen LogP contribution is 2.22. The first kappa shape index (κ1) is 15.6. The molecule has 2 heterocycles. The van der Waals surface area contributed by atoms with Crippen LogP contribution in [0.25, 0.3) is 0 Å². The number of piperazine rings is 1. The van der Waals surface area contributed by atoms with Gasteiger partial charge in [-0.05, 0) is 18.2 Å². The largest absolute Gasteiger partial charge is 0.367 e. The van der Waals surface area contributed by atoms with Gasteiger partial charge < -0.3 is 14.8 Å². The average molecular weight is 336 g/mol. The van der Waals surface area contributed by atoms with E-state index in [9.17, 15) is 14.0 Å². The van der Waals surface area contributed by atoms with Gasteiger partial charge in [0.2, 0.25) is 5.56 Å². The molecule has 1 aromatic carbocycles. The van der Waals surface area contributed by atoms with E-state index in [0.29, 0.717) is 26.2 Å². The van der Waals surface area contributed by atoms with Crippen LogP contribution in [-0.4, -0.2) is 42.0 Å². The lowest BCUT2D eigenvalue weighted by atomic mass is 10.1. The Bertz CT molecular complexity index is 744. The molecule has 7 heteroatoms. The third kappa shape index (κ3) is 3.22. The standard InChI is InChI=1S/C16H15ClFN3O2/c17-12-2-1-3-13(18)15(12)16(23)21-8-6-20(7-9-21)11-4-5-14(22)19-10-11/h1-5,10H,6-9H2,(H,19,22). The Balaban J connectivity index is 1.70. The summed E-state index contributed by atoms with van der Waals surface area (Å²) in [5.41, 5.74) is 0.657. The third-order valence-corrected chi connectivity index (χ3v) is 4.19. The summed E-state index contributed by atoms with van der Waals surface area (Å²) in [6, 6.07) is 7.42. The van der Waals surface area contributed by atoms with Gasteiger partial charge in [0.1, 0.15) is 5.82 Å². The van der Waals surface area contributed by atoms with Gasteiger partial charge in [0.05, 0.1) is 16.3 Å². The Morgan fingerprint density at radius 1 is 1.13 bits per heavy atom. The molecular formula is C16H15ClFN3O2. The molecule has 0 bridgehead atoms. The molecule has 0 spiro atoms. The molecule has 1 amide bonds. The van der Waals surface area contributed by atoms with Crippen molar-refractivity contribution in [3.8, 4) is 0 Å². The normalized spacial score (nSPS) is 14.9. The Kier molecular flexibility index (Phi) is 4.34. The summed E-state index contributed by atoms with van der Waals surface area (Å²) in [6.45, 7) is 2.12. The number of halogens is 2. The van der Waals surface area contributed by atoms with Gasteiger partial charge in [-0.25, -0.2) is 4.39 Å². The zero-order chi connectivity index (χ0) is 16.4. The number of aromatic nitrogens is 1. The van der Waals surface area contributed by atoms with E-state index in [1.54, 1.807) is 17.2 Å². The van der Waals surface area contributed by atoms with Crippen LogP contribution in [0.4, 0.5) is 10.1 Å². The molecule has 1 N–H and O–H groups in total. The molecule has 120 valence electrons. The molecule has 3 rings (SSSR count). The number of carbonyl (C=O) groups excluding carboxylic acids is 1. The van der Waals surface area contributed by atoms with E-state index < -0.39 is 11.7 Å². The second-order valence-corrected chi connectivity index (χ2v) is 5.69. The maximum Gasteiger partial charge on any atom is 0.258 e. The first-order chi connectivity index (χ1) is 11.1. The van der Waals surface area contributed by atoms with Crippen molar-refractivity contribution in [1.29, 1.82) is 0 Å². The summed E-state index contributed by atoms with van der Waals surface area (Å²) >= 11 is 5.95. The number of hydrogen-bond donors (Lipinski definition) is 1. The number of nitrogens with one attached hydrogen (secondary N) is 1. The number of H-pyrrole nitrogens is 1. The molecule has 0 aliphatic carbocycles. The van der Waals surface area contributed by atoms with Crippen LogP contribution in [0, 0.1) is 5.82 Å². The van der Waals surface area contributed by atoms with Crippen molar-refractivity contribution in [2.45, 2.75) is 0 Å². The number of rotatable bonds is 2. The molecule has 0 atom stereocenters. The lowest BCUT2D eigenvalue weighted by molar-refractivity contribution is 0.0742. The summed E-state index contributed by atoms with van der Waals surface area (Å²) in [5, 5.41) is 0.123. The van der Waals surface area contributed by atoms with Gasteiger partial charge in [0.25, 0.3) is 5.91 Å². The zero-order valence-corrected chi connectivity index (χ0v) is 13.0. The monoisotopic (exact) mass is 335 g/mol. The van der Waals surface area contributed by atoms with E-state index in [-0.39, 0.29) is 16.1 Å². The average Bonchev–Trinajstić information content (AvgIpc) is 2.55. The van der Waals surface area contributed by atoms with Crippen LogP contribution < -0.4 is 10.5 Å². The minimum absolute atomic E-state index is 0.0772. The van der Waals surface area contributed by atoms with Crippen LogP contribution >= 0.6 is 11.6 Å². The molecule has 1 aliphatic heterocycles. The number of carbonyl (C=O) groups is 1. The summed E-state index contributed by atoms with van der Waals surface area (Å²) in [4.78, 5) is 29.8. The molecule has 1 aliphatic rings. The maximum absolute atomic E-state index is 13.9. The van der Waals surface area contributed by atoms with Crippen LogP contribution in [0.5, 0.6) is 0 Å². The highest BCUT2D eigenvalue weighted by Gasteiger charge is 2.25. The fourth-order valence-electron chi connectivity index (χ4n) is 2.63. The lowest BCUT2D eigenvalue weighted by Gasteiger charge is -2.36. The van der Waals surface area contributed by atoms with Crippen molar-refractivity contribution >= 4 is 23.2 Å². The van der Waals surface area contributed by atoms with E-state index in [0.717, 1.165) is 5.69 Å². The summed E-state index contributed by atoms with van der Waals surface area (Å²) < 4.78 is 13.9. The molecule has 1 fully saturated rings. The Labute approximate surface area is 137 Å². The van der Waals surface area contributed by atoms with Crippen LogP contribution in [0.3, 0.4) is 0 Å². The molecule has 1 aromatic heterocycles. The fraction of sp³-hybridized carbons (Fsp3) is 0.250.